The van der Waals surface area contributed by atoms with Crippen molar-refractivity contribution < 1.29 is 14.3 Å². The number of amides is 2. The van der Waals surface area contributed by atoms with Gasteiger partial charge in [-0.05, 0) is 63.6 Å². The number of benzene rings is 1. The Morgan fingerprint density at radius 1 is 1.29 bits per heavy atom. The summed E-state index contributed by atoms with van der Waals surface area (Å²) >= 11 is 1.49. The minimum absolute atomic E-state index is 0.0867. The monoisotopic (exact) mass is 441 g/mol. The van der Waals surface area contributed by atoms with Crippen LogP contribution in [0.3, 0.4) is 0 Å². The fourth-order valence-electron chi connectivity index (χ4n) is 4.49. The molecule has 0 radical (unpaired) electrons. The standard InChI is InChI=1S/C24H31N3O3S/c1-4-5-6-16-7-9-17(10-8-16)23(29)27-24-26-21(15(3)31-24)18-11-12-20-19(13-18)25-22(28)14(2)30-20/h11-14,16-17H,4-10H2,1-3H3,(H,25,28)(H,26,27,29). The Bertz CT molecular complexity index is 963. The van der Waals surface area contributed by atoms with Crippen molar-refractivity contribution in [2.24, 2.45) is 11.8 Å². The quantitative estimate of drug-likeness (QED) is 0.596. The first kappa shape index (κ1) is 21.8. The van der Waals surface area contributed by atoms with Crippen LogP contribution in [-0.2, 0) is 9.59 Å². The normalized spacial score (nSPS) is 22.9. The predicted molar refractivity (Wildman–Crippen MR) is 125 cm³/mol. The number of aryl methyl sites for hydroxylation is 1. The van der Waals surface area contributed by atoms with E-state index >= 15 is 0 Å². The highest BCUT2D eigenvalue weighted by atomic mass is 32.1. The molecule has 1 atom stereocenters. The molecule has 1 aromatic heterocycles. The van der Waals surface area contributed by atoms with Crippen LogP contribution in [0, 0.1) is 18.8 Å². The Balaban J connectivity index is 1.41. The minimum atomic E-state index is -0.497. The van der Waals surface area contributed by atoms with Crippen LogP contribution < -0.4 is 15.4 Å². The third-order valence-corrected chi connectivity index (χ3v) is 7.28. The molecule has 2 N–H and O–H groups in total. The summed E-state index contributed by atoms with van der Waals surface area (Å²) in [6, 6.07) is 5.67. The molecule has 1 fully saturated rings. The van der Waals surface area contributed by atoms with Crippen LogP contribution in [0.5, 0.6) is 5.75 Å². The number of nitrogens with one attached hydrogen (secondary N) is 2. The maximum Gasteiger partial charge on any atom is 0.265 e. The van der Waals surface area contributed by atoms with E-state index in [0.29, 0.717) is 16.6 Å². The summed E-state index contributed by atoms with van der Waals surface area (Å²) < 4.78 is 5.63. The number of hydrogen-bond donors (Lipinski definition) is 2. The van der Waals surface area contributed by atoms with Crippen LogP contribution in [0.1, 0.15) is 63.7 Å². The average molecular weight is 442 g/mol. The summed E-state index contributed by atoms with van der Waals surface area (Å²) in [5.74, 6) is 1.47. The molecular weight excluding hydrogens is 410 g/mol. The summed E-state index contributed by atoms with van der Waals surface area (Å²) in [7, 11) is 0. The number of aromatic nitrogens is 1. The van der Waals surface area contributed by atoms with E-state index in [9.17, 15) is 9.59 Å². The second-order valence-corrected chi connectivity index (χ2v) is 9.94. The maximum atomic E-state index is 12.8. The Hall–Kier alpha value is -2.41. The lowest BCUT2D eigenvalue weighted by molar-refractivity contribution is -0.123. The third kappa shape index (κ3) is 4.92. The number of nitrogens with zero attached hydrogens (tertiary/aromatic N) is 1. The van der Waals surface area contributed by atoms with E-state index in [1.54, 1.807) is 6.92 Å². The Kier molecular flexibility index (Phi) is 6.60. The molecule has 7 heteroatoms. The molecule has 4 rings (SSSR count). The van der Waals surface area contributed by atoms with E-state index in [0.717, 1.165) is 47.7 Å². The highest BCUT2D eigenvalue weighted by molar-refractivity contribution is 7.16. The first-order valence-corrected chi connectivity index (χ1v) is 12.2. The summed E-state index contributed by atoms with van der Waals surface area (Å²) in [5, 5.41) is 6.57. The first-order chi connectivity index (χ1) is 14.9. The van der Waals surface area contributed by atoms with Crippen molar-refractivity contribution in [3.05, 3.63) is 23.1 Å². The van der Waals surface area contributed by atoms with Crippen LogP contribution in [0.15, 0.2) is 18.2 Å². The molecule has 166 valence electrons. The number of unbranched alkanes of at least 4 members (excludes halogenated alkanes) is 1. The van der Waals surface area contributed by atoms with Gasteiger partial charge in [0, 0.05) is 16.4 Å². The van der Waals surface area contributed by atoms with E-state index in [-0.39, 0.29) is 17.7 Å². The van der Waals surface area contributed by atoms with Gasteiger partial charge in [0.15, 0.2) is 11.2 Å². The van der Waals surface area contributed by atoms with Crippen molar-refractivity contribution in [3.8, 4) is 17.0 Å². The SMILES string of the molecule is CCCCC1CCC(C(=O)Nc2nc(-c3ccc4c(c3)NC(=O)C(C)O4)c(C)s2)CC1. The smallest absolute Gasteiger partial charge is 0.265 e. The summed E-state index contributed by atoms with van der Waals surface area (Å²) in [6.45, 7) is 5.96. The highest BCUT2D eigenvalue weighted by Gasteiger charge is 2.27. The molecule has 1 aliphatic heterocycles. The average Bonchev–Trinajstić information content (AvgIpc) is 3.13. The molecule has 0 spiro atoms. The van der Waals surface area contributed by atoms with Gasteiger partial charge in [-0.3, -0.25) is 9.59 Å². The van der Waals surface area contributed by atoms with E-state index in [1.807, 2.05) is 25.1 Å². The zero-order chi connectivity index (χ0) is 22.0. The van der Waals surface area contributed by atoms with Gasteiger partial charge in [-0.15, -0.1) is 11.3 Å². The summed E-state index contributed by atoms with van der Waals surface area (Å²) in [4.78, 5) is 30.4. The van der Waals surface area contributed by atoms with Gasteiger partial charge < -0.3 is 15.4 Å². The molecule has 1 aliphatic carbocycles. The van der Waals surface area contributed by atoms with Gasteiger partial charge in [0.05, 0.1) is 11.4 Å². The first-order valence-electron chi connectivity index (χ1n) is 11.3. The molecule has 2 amide bonds. The summed E-state index contributed by atoms with van der Waals surface area (Å²) in [6.07, 6.45) is 7.59. The molecule has 2 heterocycles. The summed E-state index contributed by atoms with van der Waals surface area (Å²) in [5.41, 5.74) is 2.36. The van der Waals surface area contributed by atoms with Gasteiger partial charge in [-0.25, -0.2) is 4.98 Å². The number of hydrogen-bond acceptors (Lipinski definition) is 5. The Morgan fingerprint density at radius 3 is 2.81 bits per heavy atom. The third-order valence-electron chi connectivity index (χ3n) is 6.39. The van der Waals surface area contributed by atoms with Crippen LogP contribution in [-0.4, -0.2) is 22.9 Å². The fraction of sp³-hybridized carbons (Fsp3) is 0.542. The zero-order valence-electron chi connectivity index (χ0n) is 18.5. The lowest BCUT2D eigenvalue weighted by atomic mass is 9.79. The van der Waals surface area contributed by atoms with E-state index in [1.165, 1.54) is 30.6 Å². The fourth-order valence-corrected chi connectivity index (χ4v) is 5.33. The van der Waals surface area contributed by atoms with E-state index in [4.69, 9.17) is 4.74 Å². The Morgan fingerprint density at radius 2 is 2.06 bits per heavy atom. The van der Waals surface area contributed by atoms with Gasteiger partial charge >= 0.3 is 0 Å². The molecule has 1 unspecified atom stereocenters. The zero-order valence-corrected chi connectivity index (χ0v) is 19.3. The molecule has 1 saturated carbocycles. The van der Waals surface area contributed by atoms with Gasteiger partial charge in [0.2, 0.25) is 5.91 Å². The number of fused-ring (bicyclic) bond motifs is 1. The van der Waals surface area contributed by atoms with Gasteiger partial charge in [-0.2, -0.15) is 0 Å². The number of carbonyl (C=O) groups is 2. The van der Waals surface area contributed by atoms with Crippen molar-refractivity contribution >= 4 is 34.0 Å². The van der Waals surface area contributed by atoms with Crippen molar-refractivity contribution in [2.45, 2.75) is 71.8 Å². The predicted octanol–water partition coefficient (Wildman–Crippen LogP) is 5.77. The number of rotatable bonds is 6. The van der Waals surface area contributed by atoms with Gasteiger partial charge in [0.1, 0.15) is 5.75 Å². The second-order valence-electron chi connectivity index (χ2n) is 8.73. The van der Waals surface area contributed by atoms with E-state index < -0.39 is 6.10 Å². The molecule has 2 aromatic rings. The van der Waals surface area contributed by atoms with Crippen LogP contribution in [0.4, 0.5) is 10.8 Å². The minimum Gasteiger partial charge on any atom is -0.479 e. The molecule has 0 bridgehead atoms. The van der Waals surface area contributed by atoms with Crippen molar-refractivity contribution in [1.29, 1.82) is 0 Å². The van der Waals surface area contributed by atoms with Crippen molar-refractivity contribution in [1.82, 2.24) is 4.98 Å². The highest BCUT2D eigenvalue weighted by Crippen LogP contribution is 2.38. The topological polar surface area (TPSA) is 80.3 Å². The molecule has 6 nitrogen and oxygen atoms in total. The largest absolute Gasteiger partial charge is 0.479 e. The van der Waals surface area contributed by atoms with Gasteiger partial charge in [0.25, 0.3) is 5.91 Å². The van der Waals surface area contributed by atoms with Crippen LogP contribution >= 0.6 is 11.3 Å². The Labute approximate surface area is 187 Å². The molecule has 31 heavy (non-hydrogen) atoms. The van der Waals surface area contributed by atoms with Crippen LogP contribution in [0.2, 0.25) is 0 Å². The van der Waals surface area contributed by atoms with Crippen molar-refractivity contribution in [2.75, 3.05) is 10.6 Å². The molecule has 0 saturated heterocycles. The number of thiazole rings is 1. The van der Waals surface area contributed by atoms with Crippen LogP contribution in [0.25, 0.3) is 11.3 Å². The number of carbonyl (C=O) groups excluding carboxylic acids is 2. The van der Waals surface area contributed by atoms with E-state index in [2.05, 4.69) is 22.5 Å². The lowest BCUT2D eigenvalue weighted by Gasteiger charge is -2.27. The second kappa shape index (κ2) is 9.39. The number of ether oxygens (including phenoxy) is 1. The molecule has 2 aliphatic rings. The maximum absolute atomic E-state index is 12.8. The molecular formula is C24H31N3O3S. The lowest BCUT2D eigenvalue weighted by Crippen LogP contribution is -2.34. The van der Waals surface area contributed by atoms with Gasteiger partial charge in [-0.1, -0.05) is 26.2 Å². The molecule has 1 aromatic carbocycles. The van der Waals surface area contributed by atoms with Crippen molar-refractivity contribution in [3.63, 3.8) is 0 Å². The number of anilines is 2.